The molecular formula is C58H45N. The molecule has 282 valence electrons. The van der Waals surface area contributed by atoms with E-state index in [-0.39, 0.29) is 5.41 Å². The van der Waals surface area contributed by atoms with Crippen LogP contribution in [0.25, 0.3) is 76.8 Å². The van der Waals surface area contributed by atoms with Gasteiger partial charge in [-0.2, -0.15) is 0 Å². The summed E-state index contributed by atoms with van der Waals surface area (Å²) in [5.74, 6) is 0. The third-order valence-corrected chi connectivity index (χ3v) is 11.9. The van der Waals surface area contributed by atoms with E-state index in [4.69, 9.17) is 0 Å². The quantitative estimate of drug-likeness (QED) is 0.146. The summed E-state index contributed by atoms with van der Waals surface area (Å²) < 4.78 is 0. The van der Waals surface area contributed by atoms with Gasteiger partial charge in [-0.3, -0.25) is 0 Å². The molecule has 0 amide bonds. The fourth-order valence-corrected chi connectivity index (χ4v) is 8.94. The zero-order chi connectivity index (χ0) is 39.9. The van der Waals surface area contributed by atoms with Crippen LogP contribution in [0.3, 0.4) is 0 Å². The number of fused-ring (bicyclic) bond motifs is 4. The standard InChI is InChI=1S/C58H45N/c1-58(2,3)44-37-34-42(35-38-44)46-24-9-12-31-54(46)59(55-32-13-10-25-51(55)49-29-17-28-48-45-23-8-7-20-41(45)36-39-50(48)49)56-33-14-11-26-52(56)53-30-16-22-43-21-15-27-47(57(43)53)40-18-5-4-6-19-40/h4-39H,1-3H3. The summed E-state index contributed by atoms with van der Waals surface area (Å²) in [6, 6.07) is 80.2. The van der Waals surface area contributed by atoms with E-state index in [9.17, 15) is 0 Å². The number of rotatable bonds is 7. The van der Waals surface area contributed by atoms with Crippen molar-refractivity contribution >= 4 is 49.4 Å². The second kappa shape index (κ2) is 14.9. The van der Waals surface area contributed by atoms with Crippen LogP contribution in [0.5, 0.6) is 0 Å². The molecule has 0 aliphatic heterocycles. The Kier molecular flexibility index (Phi) is 9.15. The molecule has 0 saturated carbocycles. The van der Waals surface area contributed by atoms with E-state index in [1.807, 2.05) is 0 Å². The maximum Gasteiger partial charge on any atom is 0.0540 e. The maximum absolute atomic E-state index is 2.52. The molecule has 59 heavy (non-hydrogen) atoms. The Morgan fingerprint density at radius 1 is 0.288 bits per heavy atom. The Bertz CT molecular complexity index is 3130. The average Bonchev–Trinajstić information content (AvgIpc) is 3.29. The first-order valence-corrected chi connectivity index (χ1v) is 20.6. The van der Waals surface area contributed by atoms with Crippen molar-refractivity contribution in [2.75, 3.05) is 4.90 Å². The Balaban J connectivity index is 1.26. The number of hydrogen-bond donors (Lipinski definition) is 0. The van der Waals surface area contributed by atoms with Crippen LogP contribution in [-0.4, -0.2) is 0 Å². The van der Waals surface area contributed by atoms with Gasteiger partial charge in [0.25, 0.3) is 0 Å². The second-order valence-electron chi connectivity index (χ2n) is 16.5. The molecule has 0 saturated heterocycles. The van der Waals surface area contributed by atoms with E-state index in [1.165, 1.54) is 76.8 Å². The molecule has 0 bridgehead atoms. The Morgan fingerprint density at radius 3 is 1.46 bits per heavy atom. The lowest BCUT2D eigenvalue weighted by Gasteiger charge is -2.32. The van der Waals surface area contributed by atoms with Gasteiger partial charge in [-0.1, -0.05) is 221 Å². The van der Waals surface area contributed by atoms with Crippen molar-refractivity contribution in [2.24, 2.45) is 0 Å². The highest BCUT2D eigenvalue weighted by atomic mass is 15.1. The third-order valence-electron chi connectivity index (χ3n) is 11.9. The van der Waals surface area contributed by atoms with Crippen LogP contribution in [0, 0.1) is 0 Å². The summed E-state index contributed by atoms with van der Waals surface area (Å²) in [5.41, 5.74) is 14.2. The van der Waals surface area contributed by atoms with Crippen LogP contribution in [0.15, 0.2) is 218 Å². The predicted octanol–water partition coefficient (Wildman–Crippen LogP) is 16.6. The highest BCUT2D eigenvalue weighted by Crippen LogP contribution is 2.50. The van der Waals surface area contributed by atoms with Gasteiger partial charge in [-0.15, -0.1) is 0 Å². The lowest BCUT2D eigenvalue weighted by atomic mass is 9.86. The van der Waals surface area contributed by atoms with E-state index >= 15 is 0 Å². The number of para-hydroxylation sites is 3. The molecule has 0 atom stereocenters. The molecule has 0 spiro atoms. The molecule has 0 N–H and O–H groups in total. The van der Waals surface area contributed by atoms with Crippen LogP contribution < -0.4 is 4.90 Å². The zero-order valence-electron chi connectivity index (χ0n) is 33.7. The highest BCUT2D eigenvalue weighted by Gasteiger charge is 2.25. The minimum absolute atomic E-state index is 0.0583. The fourth-order valence-electron chi connectivity index (χ4n) is 8.94. The topological polar surface area (TPSA) is 3.24 Å². The van der Waals surface area contributed by atoms with Gasteiger partial charge in [0, 0.05) is 16.7 Å². The molecule has 0 unspecified atom stereocenters. The summed E-state index contributed by atoms with van der Waals surface area (Å²) in [6.45, 7) is 6.83. The second-order valence-corrected chi connectivity index (χ2v) is 16.5. The lowest BCUT2D eigenvalue weighted by molar-refractivity contribution is 0.590. The van der Waals surface area contributed by atoms with Gasteiger partial charge in [0.2, 0.25) is 0 Å². The largest absolute Gasteiger partial charge is 0.309 e. The third kappa shape index (κ3) is 6.55. The van der Waals surface area contributed by atoms with Gasteiger partial charge >= 0.3 is 0 Å². The molecule has 0 fully saturated rings. The SMILES string of the molecule is CC(C)(C)c1ccc(-c2ccccc2N(c2ccccc2-c2cccc3c2ccc2ccccc23)c2ccccc2-c2cccc3cccc(-c4ccccc4)c23)cc1. The molecule has 10 rings (SSSR count). The monoisotopic (exact) mass is 755 g/mol. The van der Waals surface area contributed by atoms with Gasteiger partial charge < -0.3 is 4.90 Å². The minimum atomic E-state index is 0.0583. The zero-order valence-corrected chi connectivity index (χ0v) is 33.7. The van der Waals surface area contributed by atoms with E-state index in [0.717, 1.165) is 22.6 Å². The van der Waals surface area contributed by atoms with Crippen LogP contribution in [0.2, 0.25) is 0 Å². The van der Waals surface area contributed by atoms with E-state index in [1.54, 1.807) is 0 Å². The van der Waals surface area contributed by atoms with Crippen LogP contribution in [-0.2, 0) is 5.41 Å². The lowest BCUT2D eigenvalue weighted by Crippen LogP contribution is -2.14. The Morgan fingerprint density at radius 2 is 0.763 bits per heavy atom. The first-order valence-electron chi connectivity index (χ1n) is 20.6. The smallest absolute Gasteiger partial charge is 0.0540 e. The maximum atomic E-state index is 2.52. The van der Waals surface area contributed by atoms with Gasteiger partial charge in [0.1, 0.15) is 0 Å². The van der Waals surface area contributed by atoms with E-state index in [2.05, 4.69) is 244 Å². The molecule has 0 heterocycles. The van der Waals surface area contributed by atoms with Gasteiger partial charge in [-0.05, 0) is 89.3 Å². The van der Waals surface area contributed by atoms with Crippen LogP contribution in [0.4, 0.5) is 17.1 Å². The van der Waals surface area contributed by atoms with Crippen LogP contribution in [0.1, 0.15) is 26.3 Å². The summed E-state index contributed by atoms with van der Waals surface area (Å²) in [5, 5.41) is 7.46. The number of benzene rings is 10. The van der Waals surface area contributed by atoms with Crippen molar-refractivity contribution in [2.45, 2.75) is 26.2 Å². The fraction of sp³-hybridized carbons (Fsp3) is 0.0690. The van der Waals surface area contributed by atoms with E-state index < -0.39 is 0 Å². The normalized spacial score (nSPS) is 11.6. The molecule has 10 aromatic carbocycles. The van der Waals surface area contributed by atoms with Crippen molar-refractivity contribution in [1.82, 2.24) is 0 Å². The molecule has 10 aromatic rings. The summed E-state index contributed by atoms with van der Waals surface area (Å²) >= 11 is 0. The predicted molar refractivity (Wildman–Crippen MR) is 254 cm³/mol. The van der Waals surface area contributed by atoms with Crippen molar-refractivity contribution in [3.05, 3.63) is 224 Å². The molecule has 1 nitrogen and oxygen atoms in total. The van der Waals surface area contributed by atoms with Gasteiger partial charge in [0.05, 0.1) is 17.1 Å². The number of anilines is 3. The number of hydrogen-bond acceptors (Lipinski definition) is 1. The van der Waals surface area contributed by atoms with Crippen LogP contribution >= 0.6 is 0 Å². The van der Waals surface area contributed by atoms with Crippen molar-refractivity contribution in [3.8, 4) is 44.5 Å². The first-order chi connectivity index (χ1) is 28.9. The molecule has 0 aliphatic rings. The number of nitrogens with zero attached hydrogens (tertiary/aromatic N) is 1. The molecule has 0 aromatic heterocycles. The van der Waals surface area contributed by atoms with Gasteiger partial charge in [-0.25, -0.2) is 0 Å². The molecular weight excluding hydrogens is 711 g/mol. The van der Waals surface area contributed by atoms with Crippen molar-refractivity contribution in [1.29, 1.82) is 0 Å². The van der Waals surface area contributed by atoms with Gasteiger partial charge in [0.15, 0.2) is 0 Å². The van der Waals surface area contributed by atoms with Crippen molar-refractivity contribution < 1.29 is 0 Å². The highest BCUT2D eigenvalue weighted by molar-refractivity contribution is 6.14. The summed E-state index contributed by atoms with van der Waals surface area (Å²) in [6.07, 6.45) is 0. The Labute approximate surface area is 347 Å². The Hall–Kier alpha value is -7.22. The molecule has 1 heteroatoms. The molecule has 0 radical (unpaired) electrons. The van der Waals surface area contributed by atoms with E-state index in [0.29, 0.717) is 0 Å². The molecule has 0 aliphatic carbocycles. The average molecular weight is 756 g/mol. The first kappa shape index (κ1) is 36.1. The van der Waals surface area contributed by atoms with Crippen molar-refractivity contribution in [3.63, 3.8) is 0 Å². The minimum Gasteiger partial charge on any atom is -0.309 e. The summed E-state index contributed by atoms with van der Waals surface area (Å²) in [7, 11) is 0. The summed E-state index contributed by atoms with van der Waals surface area (Å²) in [4.78, 5) is 2.52.